The van der Waals surface area contributed by atoms with E-state index < -0.39 is 23.6 Å². The van der Waals surface area contributed by atoms with Crippen LogP contribution in [0.1, 0.15) is 34.2 Å². The minimum absolute atomic E-state index is 0.0406. The van der Waals surface area contributed by atoms with Crippen LogP contribution in [0.25, 0.3) is 5.69 Å². The van der Waals surface area contributed by atoms with Crippen LogP contribution in [0, 0.1) is 25.5 Å². The predicted molar refractivity (Wildman–Crippen MR) is 112 cm³/mol. The second-order valence-electron chi connectivity index (χ2n) is 7.62. The molecule has 0 aliphatic carbocycles. The normalized spacial score (nSPS) is 13.8. The quantitative estimate of drug-likeness (QED) is 0.697. The summed E-state index contributed by atoms with van der Waals surface area (Å²) in [6.45, 7) is 5.46. The minimum atomic E-state index is -0.784. The molecule has 8 heteroatoms. The lowest BCUT2D eigenvalue weighted by atomic mass is 10.1. The highest BCUT2D eigenvalue weighted by molar-refractivity contribution is 6.03. The van der Waals surface area contributed by atoms with Crippen molar-refractivity contribution in [1.29, 1.82) is 0 Å². The van der Waals surface area contributed by atoms with Crippen LogP contribution in [0.4, 0.5) is 14.5 Å². The van der Waals surface area contributed by atoms with Crippen LogP contribution in [0.15, 0.2) is 42.5 Å². The second-order valence-corrected chi connectivity index (χ2v) is 7.62. The molecule has 0 saturated heterocycles. The van der Waals surface area contributed by atoms with Crippen molar-refractivity contribution in [3.63, 3.8) is 0 Å². The van der Waals surface area contributed by atoms with Gasteiger partial charge in [0.1, 0.15) is 17.5 Å². The van der Waals surface area contributed by atoms with Crippen molar-refractivity contribution in [3.8, 4) is 5.69 Å². The molecule has 0 fully saturated rings. The van der Waals surface area contributed by atoms with Crippen molar-refractivity contribution >= 4 is 17.5 Å². The van der Waals surface area contributed by atoms with Crippen LogP contribution in [0.2, 0.25) is 0 Å². The van der Waals surface area contributed by atoms with Gasteiger partial charge in [-0.2, -0.15) is 5.10 Å². The van der Waals surface area contributed by atoms with Crippen LogP contribution in [0.5, 0.6) is 0 Å². The fraction of sp³-hybridized carbons (Fsp3) is 0.261. The van der Waals surface area contributed by atoms with E-state index in [1.807, 2.05) is 24.3 Å². The summed E-state index contributed by atoms with van der Waals surface area (Å²) < 4.78 is 28.7. The maximum atomic E-state index is 14.2. The number of aryl methyl sites for hydroxylation is 1. The highest BCUT2D eigenvalue weighted by Gasteiger charge is 2.30. The van der Waals surface area contributed by atoms with Crippen molar-refractivity contribution in [2.45, 2.75) is 33.2 Å². The summed E-state index contributed by atoms with van der Waals surface area (Å²) in [6, 6.07) is 10.1. The van der Waals surface area contributed by atoms with Gasteiger partial charge in [0.25, 0.3) is 5.91 Å². The average molecular weight is 424 g/mol. The Bertz CT molecular complexity index is 1190. The number of carbonyl (C=O) groups is 2. The number of para-hydroxylation sites is 1. The van der Waals surface area contributed by atoms with Crippen LogP contribution >= 0.6 is 0 Å². The third-order valence-corrected chi connectivity index (χ3v) is 5.53. The summed E-state index contributed by atoms with van der Waals surface area (Å²) in [6.07, 6.45) is 0.775. The number of anilines is 1. The Labute approximate surface area is 178 Å². The van der Waals surface area contributed by atoms with E-state index in [9.17, 15) is 18.4 Å². The van der Waals surface area contributed by atoms with Crippen molar-refractivity contribution < 1.29 is 18.4 Å². The van der Waals surface area contributed by atoms with Crippen LogP contribution in [0.3, 0.4) is 0 Å². The number of hydrogen-bond acceptors (Lipinski definition) is 3. The van der Waals surface area contributed by atoms with Crippen molar-refractivity contribution in [2.75, 3.05) is 11.4 Å². The van der Waals surface area contributed by atoms with Gasteiger partial charge in [0, 0.05) is 18.3 Å². The van der Waals surface area contributed by atoms with Gasteiger partial charge in [-0.1, -0.05) is 18.2 Å². The fourth-order valence-corrected chi connectivity index (χ4v) is 3.99. The molecule has 0 bridgehead atoms. The van der Waals surface area contributed by atoms with E-state index in [1.165, 1.54) is 10.7 Å². The maximum Gasteiger partial charge on any atom is 0.255 e. The molecule has 0 saturated carbocycles. The molecule has 4 rings (SSSR count). The molecule has 31 heavy (non-hydrogen) atoms. The first kappa shape index (κ1) is 20.7. The number of rotatable bonds is 4. The Morgan fingerprint density at radius 3 is 2.58 bits per heavy atom. The number of hydrogen-bond donors (Lipinski definition) is 1. The third-order valence-electron chi connectivity index (χ3n) is 5.53. The molecular weight excluding hydrogens is 402 g/mol. The van der Waals surface area contributed by atoms with Crippen molar-refractivity contribution in [3.05, 3.63) is 76.6 Å². The minimum Gasteiger partial charge on any atom is -0.340 e. The molecule has 0 radical (unpaired) electrons. The van der Waals surface area contributed by atoms with Gasteiger partial charge in [-0.3, -0.25) is 9.59 Å². The van der Waals surface area contributed by atoms with E-state index in [-0.39, 0.29) is 17.2 Å². The first-order chi connectivity index (χ1) is 14.8. The maximum absolute atomic E-state index is 14.2. The monoisotopic (exact) mass is 424 g/mol. The number of carbonyl (C=O) groups excluding carboxylic acids is 2. The molecule has 1 N–H and O–H groups in total. The lowest BCUT2D eigenvalue weighted by Gasteiger charge is -2.22. The summed E-state index contributed by atoms with van der Waals surface area (Å²) in [5, 5.41) is 6.99. The Kier molecular flexibility index (Phi) is 5.31. The largest absolute Gasteiger partial charge is 0.340 e. The highest BCUT2D eigenvalue weighted by Crippen LogP contribution is 2.28. The summed E-state index contributed by atoms with van der Waals surface area (Å²) >= 11 is 0. The molecule has 1 unspecified atom stereocenters. The lowest BCUT2D eigenvalue weighted by Crippen LogP contribution is -2.46. The molecule has 2 aromatic carbocycles. The van der Waals surface area contributed by atoms with Crippen molar-refractivity contribution in [1.82, 2.24) is 15.1 Å². The number of aromatic nitrogens is 2. The molecular formula is C23H22F2N4O2. The zero-order chi connectivity index (χ0) is 22.3. The third kappa shape index (κ3) is 3.69. The number of amides is 2. The molecule has 1 aliphatic rings. The number of halogens is 2. The molecule has 2 heterocycles. The van der Waals surface area contributed by atoms with Gasteiger partial charge in [-0.25, -0.2) is 13.5 Å². The molecule has 1 aromatic heterocycles. The molecule has 160 valence electrons. The molecule has 3 aromatic rings. The van der Waals surface area contributed by atoms with Gasteiger partial charge in [-0.05, 0) is 51.0 Å². The lowest BCUT2D eigenvalue weighted by molar-refractivity contribution is -0.119. The number of benzene rings is 2. The average Bonchev–Trinajstić information content (AvgIpc) is 3.28. The Balaban J connectivity index is 1.55. The number of nitrogens with one attached hydrogen (secondary N) is 1. The summed E-state index contributed by atoms with van der Waals surface area (Å²) in [7, 11) is 0. The molecule has 2 amide bonds. The molecule has 6 nitrogen and oxygen atoms in total. The second kappa shape index (κ2) is 7.94. The first-order valence-electron chi connectivity index (χ1n) is 9.99. The number of nitrogens with zero attached hydrogens (tertiary/aromatic N) is 3. The smallest absolute Gasteiger partial charge is 0.255 e. The SMILES string of the molecule is Cc1nn(-c2ccc(F)cc2F)c(C)c1C(=O)NC(C)C(=O)N1CCc2ccccc21. The van der Waals surface area contributed by atoms with E-state index in [2.05, 4.69) is 10.4 Å². The fourth-order valence-electron chi connectivity index (χ4n) is 3.99. The van der Waals surface area contributed by atoms with Gasteiger partial charge >= 0.3 is 0 Å². The molecule has 0 spiro atoms. The van der Waals surface area contributed by atoms with E-state index >= 15 is 0 Å². The summed E-state index contributed by atoms with van der Waals surface area (Å²) in [5.41, 5.74) is 3.03. The Morgan fingerprint density at radius 2 is 1.84 bits per heavy atom. The van der Waals surface area contributed by atoms with Crippen LogP contribution in [-0.4, -0.2) is 34.2 Å². The van der Waals surface area contributed by atoms with E-state index in [1.54, 1.807) is 25.7 Å². The number of fused-ring (bicyclic) bond motifs is 1. The van der Waals surface area contributed by atoms with Gasteiger partial charge in [0.2, 0.25) is 5.91 Å². The van der Waals surface area contributed by atoms with Gasteiger partial charge in [-0.15, -0.1) is 0 Å². The summed E-state index contributed by atoms with van der Waals surface area (Å²) in [4.78, 5) is 27.6. The van der Waals surface area contributed by atoms with Gasteiger partial charge < -0.3 is 10.2 Å². The topological polar surface area (TPSA) is 67.2 Å². The first-order valence-corrected chi connectivity index (χ1v) is 9.99. The van der Waals surface area contributed by atoms with E-state index in [0.29, 0.717) is 17.9 Å². The van der Waals surface area contributed by atoms with Gasteiger partial charge in [0.15, 0.2) is 5.82 Å². The van der Waals surface area contributed by atoms with E-state index in [0.717, 1.165) is 29.8 Å². The zero-order valence-electron chi connectivity index (χ0n) is 17.4. The summed E-state index contributed by atoms with van der Waals surface area (Å²) in [5.74, 6) is -2.16. The zero-order valence-corrected chi connectivity index (χ0v) is 17.4. The highest BCUT2D eigenvalue weighted by atomic mass is 19.1. The molecule has 1 atom stereocenters. The standard InChI is InChI=1S/C23H22F2N4O2/c1-13-21(15(3)29(27-13)20-9-8-17(24)12-18(20)25)22(30)26-14(2)23(31)28-11-10-16-6-4-5-7-19(16)28/h4-9,12,14H,10-11H2,1-3H3,(H,26,30). The molecule has 1 aliphatic heterocycles. The predicted octanol–water partition coefficient (Wildman–Crippen LogP) is 3.47. The Hall–Kier alpha value is -3.55. The van der Waals surface area contributed by atoms with E-state index in [4.69, 9.17) is 0 Å². The van der Waals surface area contributed by atoms with Crippen LogP contribution in [-0.2, 0) is 11.2 Å². The van der Waals surface area contributed by atoms with Gasteiger partial charge in [0.05, 0.1) is 17.0 Å². The van der Waals surface area contributed by atoms with Crippen LogP contribution < -0.4 is 10.2 Å². The van der Waals surface area contributed by atoms with Crippen molar-refractivity contribution in [2.24, 2.45) is 0 Å². The Morgan fingerprint density at radius 1 is 1.10 bits per heavy atom.